The highest BCUT2D eigenvalue weighted by atomic mass is 32.2. The van der Waals surface area contributed by atoms with Crippen LogP contribution in [0.25, 0.3) is 0 Å². The minimum Gasteiger partial charge on any atom is -0.492 e. The molecule has 3 aromatic heterocycles. The Hall–Kier alpha value is -2.50. The van der Waals surface area contributed by atoms with Crippen molar-refractivity contribution >= 4 is 34.7 Å². The lowest BCUT2D eigenvalue weighted by molar-refractivity contribution is 0.345. The lowest BCUT2D eigenvalue weighted by Crippen LogP contribution is -2.03. The van der Waals surface area contributed by atoms with Crippen LogP contribution in [0.5, 0.6) is 5.75 Å². The van der Waals surface area contributed by atoms with Crippen LogP contribution in [0.4, 0.5) is 11.6 Å². The Bertz CT molecular complexity index is 883. The Morgan fingerprint density at radius 1 is 1.36 bits per heavy atom. The van der Waals surface area contributed by atoms with E-state index < -0.39 is 0 Å². The summed E-state index contributed by atoms with van der Waals surface area (Å²) in [6.45, 7) is 4.40. The minimum atomic E-state index is 0.559. The third-order valence-electron chi connectivity index (χ3n) is 3.34. The number of hydrogen-bond donors (Lipinski definition) is 2. The van der Waals surface area contributed by atoms with Crippen LogP contribution in [0.15, 0.2) is 34.0 Å². The molecule has 128 valence electrons. The van der Waals surface area contributed by atoms with Gasteiger partial charge in [0, 0.05) is 22.9 Å². The normalized spacial score (nSPS) is 10.4. The average molecular weight is 371 g/mol. The molecule has 0 aliphatic carbocycles. The number of nitrogens with zero attached hydrogens (tertiary/aromatic N) is 3. The van der Waals surface area contributed by atoms with E-state index in [0.717, 1.165) is 17.0 Å². The molecule has 0 bridgehead atoms. The van der Waals surface area contributed by atoms with Crippen molar-refractivity contribution in [1.29, 1.82) is 5.26 Å². The van der Waals surface area contributed by atoms with E-state index in [1.54, 1.807) is 11.3 Å². The summed E-state index contributed by atoms with van der Waals surface area (Å²) in [5.74, 6) is 2.96. The fourth-order valence-electron chi connectivity index (χ4n) is 2.19. The molecule has 8 heteroatoms. The molecule has 0 amide bonds. The molecule has 2 N–H and O–H groups in total. The number of H-pyrrole nitrogens is 1. The molecule has 3 aromatic rings. The van der Waals surface area contributed by atoms with E-state index in [0.29, 0.717) is 34.6 Å². The van der Waals surface area contributed by atoms with Crippen molar-refractivity contribution in [2.45, 2.75) is 18.9 Å². The van der Waals surface area contributed by atoms with Gasteiger partial charge in [0.25, 0.3) is 0 Å². The van der Waals surface area contributed by atoms with E-state index in [1.807, 2.05) is 42.8 Å². The fourth-order valence-corrected chi connectivity index (χ4v) is 3.64. The van der Waals surface area contributed by atoms with Gasteiger partial charge in [-0.25, -0.2) is 4.98 Å². The molecule has 3 rings (SSSR count). The SMILES string of the molecule is Cc1cc(Nc2cc(C)c(C#N)c(SCCOc3ccsc3)n2)n[nH]1. The van der Waals surface area contributed by atoms with Gasteiger partial charge in [-0.2, -0.15) is 10.4 Å². The van der Waals surface area contributed by atoms with Crippen LogP contribution >= 0.6 is 23.1 Å². The third-order valence-corrected chi connectivity index (χ3v) is 4.94. The highest BCUT2D eigenvalue weighted by Gasteiger charge is 2.11. The van der Waals surface area contributed by atoms with Crippen molar-refractivity contribution in [2.75, 3.05) is 17.7 Å². The lowest BCUT2D eigenvalue weighted by Gasteiger charge is -2.10. The predicted octanol–water partition coefficient (Wildman–Crippen LogP) is 4.27. The summed E-state index contributed by atoms with van der Waals surface area (Å²) in [7, 11) is 0. The average Bonchev–Trinajstić information content (AvgIpc) is 3.23. The second-order valence-electron chi connectivity index (χ2n) is 5.33. The van der Waals surface area contributed by atoms with Crippen molar-refractivity contribution in [1.82, 2.24) is 15.2 Å². The van der Waals surface area contributed by atoms with Crippen molar-refractivity contribution in [3.8, 4) is 11.8 Å². The van der Waals surface area contributed by atoms with Crippen molar-refractivity contribution in [2.24, 2.45) is 0 Å². The zero-order valence-corrected chi connectivity index (χ0v) is 15.5. The highest BCUT2D eigenvalue weighted by molar-refractivity contribution is 7.99. The number of nitrogens with one attached hydrogen (secondary N) is 2. The van der Waals surface area contributed by atoms with Gasteiger partial charge in [-0.1, -0.05) is 0 Å². The number of nitriles is 1. The minimum absolute atomic E-state index is 0.559. The zero-order valence-electron chi connectivity index (χ0n) is 13.9. The van der Waals surface area contributed by atoms with Crippen LogP contribution in [-0.4, -0.2) is 27.5 Å². The third kappa shape index (κ3) is 4.53. The number of hydrogen-bond acceptors (Lipinski definition) is 7. The largest absolute Gasteiger partial charge is 0.492 e. The summed E-state index contributed by atoms with van der Waals surface area (Å²) in [5.41, 5.74) is 2.45. The quantitative estimate of drug-likeness (QED) is 0.476. The maximum absolute atomic E-state index is 9.42. The molecule has 0 saturated carbocycles. The van der Waals surface area contributed by atoms with Gasteiger partial charge in [-0.15, -0.1) is 23.1 Å². The molecule has 0 spiro atoms. The molecule has 0 radical (unpaired) electrons. The van der Waals surface area contributed by atoms with Gasteiger partial charge in [0.05, 0.1) is 12.2 Å². The summed E-state index contributed by atoms with van der Waals surface area (Å²) in [4.78, 5) is 4.57. The second kappa shape index (κ2) is 8.05. The summed E-state index contributed by atoms with van der Waals surface area (Å²) < 4.78 is 5.65. The number of thiophene rings is 1. The van der Waals surface area contributed by atoms with Crippen LogP contribution < -0.4 is 10.1 Å². The smallest absolute Gasteiger partial charge is 0.153 e. The van der Waals surface area contributed by atoms with Gasteiger partial charge < -0.3 is 10.1 Å². The number of ether oxygens (including phenoxy) is 1. The standard InChI is InChI=1S/C17H17N5OS2/c1-11-7-15(19-16-8-12(2)21-22-16)20-17(14(11)9-18)25-6-4-23-13-3-5-24-10-13/h3,5,7-8,10H,4,6H2,1-2H3,(H2,19,20,21,22). The number of aromatic amines is 1. The summed E-state index contributed by atoms with van der Waals surface area (Å²) in [6.07, 6.45) is 0. The number of anilines is 2. The summed E-state index contributed by atoms with van der Waals surface area (Å²) in [5, 5.41) is 24.3. The van der Waals surface area contributed by atoms with Crippen molar-refractivity contribution in [3.63, 3.8) is 0 Å². The molecule has 6 nitrogen and oxygen atoms in total. The summed E-state index contributed by atoms with van der Waals surface area (Å²) in [6, 6.07) is 7.94. The second-order valence-corrected chi connectivity index (χ2v) is 7.20. The number of aryl methyl sites for hydroxylation is 2. The van der Waals surface area contributed by atoms with Gasteiger partial charge in [-0.05, 0) is 36.9 Å². The zero-order chi connectivity index (χ0) is 17.6. The monoisotopic (exact) mass is 371 g/mol. The molecule has 0 unspecified atom stereocenters. The van der Waals surface area contributed by atoms with Gasteiger partial charge in [-0.3, -0.25) is 5.10 Å². The molecular formula is C17H17N5OS2. The Morgan fingerprint density at radius 3 is 2.92 bits per heavy atom. The van der Waals surface area contributed by atoms with Crippen LogP contribution in [-0.2, 0) is 0 Å². The van der Waals surface area contributed by atoms with Crippen molar-refractivity contribution in [3.05, 3.63) is 45.8 Å². The Labute approximate surface area is 154 Å². The molecule has 25 heavy (non-hydrogen) atoms. The number of thioether (sulfide) groups is 1. The number of rotatable bonds is 7. The maximum atomic E-state index is 9.42. The number of pyridine rings is 1. The van der Waals surface area contributed by atoms with E-state index >= 15 is 0 Å². The lowest BCUT2D eigenvalue weighted by atomic mass is 10.2. The molecule has 0 aliphatic rings. The van der Waals surface area contributed by atoms with E-state index in [1.165, 1.54) is 11.8 Å². The first-order valence-corrected chi connectivity index (χ1v) is 9.57. The maximum Gasteiger partial charge on any atom is 0.153 e. The molecule has 0 aliphatic heterocycles. The topological polar surface area (TPSA) is 86.6 Å². The first-order valence-electron chi connectivity index (χ1n) is 7.64. The van der Waals surface area contributed by atoms with Crippen LogP contribution in [0.1, 0.15) is 16.8 Å². The van der Waals surface area contributed by atoms with E-state index in [2.05, 4.69) is 26.6 Å². The van der Waals surface area contributed by atoms with Crippen LogP contribution in [0.2, 0.25) is 0 Å². The molecule has 0 aromatic carbocycles. The van der Waals surface area contributed by atoms with Gasteiger partial charge >= 0.3 is 0 Å². The van der Waals surface area contributed by atoms with Crippen LogP contribution in [0.3, 0.4) is 0 Å². The van der Waals surface area contributed by atoms with Crippen molar-refractivity contribution < 1.29 is 4.74 Å². The Kier molecular flexibility index (Phi) is 5.58. The molecular weight excluding hydrogens is 354 g/mol. The Morgan fingerprint density at radius 2 is 2.24 bits per heavy atom. The van der Waals surface area contributed by atoms with Gasteiger partial charge in [0.15, 0.2) is 5.82 Å². The predicted molar refractivity (Wildman–Crippen MR) is 101 cm³/mol. The fraction of sp³-hybridized carbons (Fsp3) is 0.235. The first kappa shape index (κ1) is 17.3. The molecule has 0 atom stereocenters. The molecule has 0 saturated heterocycles. The van der Waals surface area contributed by atoms with E-state index in [9.17, 15) is 5.26 Å². The van der Waals surface area contributed by atoms with E-state index in [-0.39, 0.29) is 0 Å². The first-order chi connectivity index (χ1) is 12.2. The highest BCUT2D eigenvalue weighted by Crippen LogP contribution is 2.27. The summed E-state index contributed by atoms with van der Waals surface area (Å²) >= 11 is 3.12. The Balaban J connectivity index is 1.69. The van der Waals surface area contributed by atoms with Crippen LogP contribution in [0, 0.1) is 25.2 Å². The van der Waals surface area contributed by atoms with E-state index in [4.69, 9.17) is 4.74 Å². The number of aromatic nitrogens is 3. The van der Waals surface area contributed by atoms with Gasteiger partial charge in [0.2, 0.25) is 0 Å². The molecule has 0 fully saturated rings. The van der Waals surface area contributed by atoms with Gasteiger partial charge in [0.1, 0.15) is 22.7 Å². The molecule has 3 heterocycles.